The van der Waals surface area contributed by atoms with Gasteiger partial charge in [0.1, 0.15) is 5.92 Å². The van der Waals surface area contributed by atoms with Gasteiger partial charge in [-0.25, -0.2) is 4.79 Å². The van der Waals surface area contributed by atoms with Crippen molar-refractivity contribution in [1.82, 2.24) is 15.6 Å². The van der Waals surface area contributed by atoms with Crippen LogP contribution in [0, 0.1) is 5.92 Å². The maximum Gasteiger partial charge on any atom is 0.437 e. The summed E-state index contributed by atoms with van der Waals surface area (Å²) >= 11 is 0.945. The van der Waals surface area contributed by atoms with Gasteiger partial charge in [0.05, 0.1) is 16.6 Å². The van der Waals surface area contributed by atoms with Crippen LogP contribution in [0.1, 0.15) is 21.4 Å². The van der Waals surface area contributed by atoms with Crippen molar-refractivity contribution in [1.29, 1.82) is 0 Å². The first-order valence-corrected chi connectivity index (χ1v) is 7.98. The van der Waals surface area contributed by atoms with Crippen molar-refractivity contribution < 1.29 is 27.9 Å². The highest BCUT2D eigenvalue weighted by atomic mass is 32.1. The van der Waals surface area contributed by atoms with Gasteiger partial charge >= 0.3 is 12.2 Å². The van der Waals surface area contributed by atoms with E-state index in [1.54, 1.807) is 6.07 Å². The molecule has 0 saturated carbocycles. The summed E-state index contributed by atoms with van der Waals surface area (Å²) in [4.78, 5) is 28.5. The van der Waals surface area contributed by atoms with Gasteiger partial charge in [0.25, 0.3) is 0 Å². The number of pyridine rings is 1. The molecule has 0 aromatic carbocycles. The molecule has 0 aliphatic carbocycles. The van der Waals surface area contributed by atoms with E-state index >= 15 is 0 Å². The fourth-order valence-electron chi connectivity index (χ4n) is 2.72. The van der Waals surface area contributed by atoms with Crippen LogP contribution in [0.15, 0.2) is 41.9 Å². The molecule has 0 spiro atoms. The fraction of sp³-hybridized carbons (Fsp3) is 0.267. The number of nitrogens with one attached hydrogen (secondary N) is 2. The third-order valence-corrected chi connectivity index (χ3v) is 4.74. The van der Waals surface area contributed by atoms with E-state index in [1.807, 2.05) is 0 Å². The van der Waals surface area contributed by atoms with Gasteiger partial charge in [-0.15, -0.1) is 11.3 Å². The molecule has 3 rings (SSSR count). The standard InChI is InChI=1S/C15H12F3N3O3S/c16-15(17,18)14(24)10(12(22)9-5-3-7-25-9)11(20-13(23)21-14)8-4-1-2-6-19-8/h1-7,10-11,24H,(H2,20,21,23). The van der Waals surface area contributed by atoms with Crippen LogP contribution in [0.2, 0.25) is 0 Å². The second-order valence-corrected chi connectivity index (χ2v) is 6.36. The zero-order chi connectivity index (χ0) is 18.2. The van der Waals surface area contributed by atoms with E-state index in [0.717, 1.165) is 11.3 Å². The van der Waals surface area contributed by atoms with Crippen molar-refractivity contribution in [2.45, 2.75) is 17.9 Å². The van der Waals surface area contributed by atoms with Crippen LogP contribution in [-0.4, -0.2) is 33.8 Å². The highest BCUT2D eigenvalue weighted by Crippen LogP contribution is 2.43. The van der Waals surface area contributed by atoms with Gasteiger partial charge in [-0.1, -0.05) is 12.1 Å². The summed E-state index contributed by atoms with van der Waals surface area (Å²) in [6.45, 7) is 0. The monoisotopic (exact) mass is 371 g/mol. The first kappa shape index (κ1) is 17.4. The molecule has 3 N–H and O–H groups in total. The average Bonchev–Trinajstić information content (AvgIpc) is 3.08. The van der Waals surface area contributed by atoms with Gasteiger partial charge in [0, 0.05) is 6.20 Å². The van der Waals surface area contributed by atoms with Crippen molar-refractivity contribution in [3.8, 4) is 0 Å². The van der Waals surface area contributed by atoms with Gasteiger partial charge in [0.15, 0.2) is 5.78 Å². The molecule has 10 heteroatoms. The second kappa shape index (κ2) is 6.12. The number of nitrogens with zero attached hydrogens (tertiary/aromatic N) is 1. The predicted octanol–water partition coefficient (Wildman–Crippen LogP) is 2.25. The second-order valence-electron chi connectivity index (χ2n) is 5.41. The van der Waals surface area contributed by atoms with Crippen molar-refractivity contribution in [2.75, 3.05) is 0 Å². The maximum absolute atomic E-state index is 13.6. The molecule has 25 heavy (non-hydrogen) atoms. The van der Waals surface area contributed by atoms with Crippen molar-refractivity contribution in [2.24, 2.45) is 5.92 Å². The third kappa shape index (κ3) is 2.98. The lowest BCUT2D eigenvalue weighted by Gasteiger charge is -2.44. The molecule has 2 aromatic rings. The summed E-state index contributed by atoms with van der Waals surface area (Å²) in [5, 5.41) is 15.6. The van der Waals surface area contributed by atoms with E-state index < -0.39 is 35.7 Å². The molecule has 6 nitrogen and oxygen atoms in total. The Hall–Kier alpha value is -2.46. The maximum atomic E-state index is 13.6. The van der Waals surface area contributed by atoms with Crippen LogP contribution < -0.4 is 10.6 Å². The third-order valence-electron chi connectivity index (χ3n) is 3.86. The van der Waals surface area contributed by atoms with Crippen LogP contribution in [0.3, 0.4) is 0 Å². The molecule has 3 atom stereocenters. The molecule has 1 fully saturated rings. The number of hydrogen-bond donors (Lipinski definition) is 3. The minimum absolute atomic E-state index is 0.0338. The Kier molecular flexibility index (Phi) is 4.25. The van der Waals surface area contributed by atoms with Crippen molar-refractivity contribution in [3.05, 3.63) is 52.5 Å². The van der Waals surface area contributed by atoms with E-state index in [2.05, 4.69) is 10.3 Å². The molecular formula is C15H12F3N3O3S. The number of Topliss-reactive ketones (excluding diaryl/α,β-unsaturated/α-hetero) is 1. The Morgan fingerprint density at radius 2 is 2.04 bits per heavy atom. The molecule has 3 unspecified atom stereocenters. The van der Waals surface area contributed by atoms with Gasteiger partial charge in [-0.3, -0.25) is 9.78 Å². The number of ketones is 1. The van der Waals surface area contributed by atoms with E-state index in [4.69, 9.17) is 0 Å². The normalized spacial score (nSPS) is 26.6. The number of aliphatic hydroxyl groups is 1. The SMILES string of the molecule is O=C1NC(c2ccccn2)C(C(=O)c2cccs2)C(O)(C(F)(F)F)N1. The summed E-state index contributed by atoms with van der Waals surface area (Å²) in [6, 6.07) is 4.60. The number of carbonyl (C=O) groups excluding carboxylic acids is 2. The fourth-order valence-corrected chi connectivity index (χ4v) is 3.42. The summed E-state index contributed by atoms with van der Waals surface area (Å²) in [7, 11) is 0. The molecule has 1 aliphatic rings. The largest absolute Gasteiger partial charge is 0.437 e. The van der Waals surface area contributed by atoms with Gasteiger partial charge in [-0.2, -0.15) is 13.2 Å². The Morgan fingerprint density at radius 1 is 1.28 bits per heavy atom. The molecule has 1 saturated heterocycles. The topological polar surface area (TPSA) is 91.3 Å². The summed E-state index contributed by atoms with van der Waals surface area (Å²) in [5.74, 6) is -2.99. The smallest absolute Gasteiger partial charge is 0.363 e. The number of thiophene rings is 1. The van der Waals surface area contributed by atoms with Crippen molar-refractivity contribution in [3.63, 3.8) is 0 Å². The molecule has 2 amide bonds. The summed E-state index contributed by atoms with van der Waals surface area (Å²) in [5.41, 5.74) is -3.69. The Labute approximate surface area is 143 Å². The lowest BCUT2D eigenvalue weighted by atomic mass is 9.80. The zero-order valence-corrected chi connectivity index (χ0v) is 13.3. The summed E-state index contributed by atoms with van der Waals surface area (Å²) in [6.07, 6.45) is -3.95. The molecule has 2 aromatic heterocycles. The van der Waals surface area contributed by atoms with Gasteiger partial charge in [0.2, 0.25) is 5.72 Å². The quantitative estimate of drug-likeness (QED) is 0.722. The average molecular weight is 371 g/mol. The number of halogens is 3. The first-order valence-electron chi connectivity index (χ1n) is 7.10. The number of alkyl halides is 3. The minimum atomic E-state index is -5.27. The zero-order valence-electron chi connectivity index (χ0n) is 12.4. The van der Waals surface area contributed by atoms with Crippen LogP contribution in [-0.2, 0) is 0 Å². The molecule has 3 heterocycles. The van der Waals surface area contributed by atoms with E-state index in [9.17, 15) is 27.9 Å². The highest BCUT2D eigenvalue weighted by molar-refractivity contribution is 7.12. The van der Waals surface area contributed by atoms with Crippen LogP contribution in [0.4, 0.5) is 18.0 Å². The minimum Gasteiger partial charge on any atom is -0.363 e. The number of aromatic nitrogens is 1. The lowest BCUT2D eigenvalue weighted by Crippen LogP contribution is -2.72. The Morgan fingerprint density at radius 3 is 2.60 bits per heavy atom. The Balaban J connectivity index is 2.15. The van der Waals surface area contributed by atoms with Crippen molar-refractivity contribution >= 4 is 23.2 Å². The number of urea groups is 1. The molecule has 0 bridgehead atoms. The molecule has 132 valence electrons. The van der Waals surface area contributed by atoms with Crippen LogP contribution in [0.5, 0.6) is 0 Å². The van der Waals surface area contributed by atoms with E-state index in [1.165, 1.54) is 41.2 Å². The molecular weight excluding hydrogens is 359 g/mol. The van der Waals surface area contributed by atoms with Crippen LogP contribution >= 0.6 is 11.3 Å². The van der Waals surface area contributed by atoms with Crippen LogP contribution in [0.25, 0.3) is 0 Å². The predicted molar refractivity (Wildman–Crippen MR) is 81.8 cm³/mol. The van der Waals surface area contributed by atoms with Gasteiger partial charge in [-0.05, 0) is 23.6 Å². The molecule has 1 aliphatic heterocycles. The number of amides is 2. The highest BCUT2D eigenvalue weighted by Gasteiger charge is 2.66. The first-order chi connectivity index (χ1) is 11.7. The van der Waals surface area contributed by atoms with Gasteiger partial charge < -0.3 is 15.7 Å². The molecule has 0 radical (unpaired) electrons. The lowest BCUT2D eigenvalue weighted by molar-refractivity contribution is -0.287. The Bertz CT molecular complexity index is 782. The number of hydrogen-bond acceptors (Lipinski definition) is 5. The number of carbonyl (C=O) groups is 2. The summed E-state index contributed by atoms with van der Waals surface area (Å²) < 4.78 is 40.7. The number of rotatable bonds is 3. The van der Waals surface area contributed by atoms with E-state index in [-0.39, 0.29) is 10.6 Å². The van der Waals surface area contributed by atoms with E-state index in [0.29, 0.717) is 0 Å².